The van der Waals surface area contributed by atoms with Crippen LogP contribution in [0, 0.1) is 0 Å². The minimum absolute atomic E-state index is 0.649. The molecular formula is C10H17NO. The van der Waals surface area contributed by atoms with Gasteiger partial charge in [0.15, 0.2) is 0 Å². The SMILES string of the molecule is CCCCC(CC)c1cnoc1. The highest BCUT2D eigenvalue weighted by molar-refractivity contribution is 5.07. The van der Waals surface area contributed by atoms with E-state index in [0.717, 1.165) is 0 Å². The number of aromatic nitrogens is 1. The molecule has 0 spiro atoms. The van der Waals surface area contributed by atoms with Gasteiger partial charge in [-0.3, -0.25) is 0 Å². The van der Waals surface area contributed by atoms with Gasteiger partial charge in [-0.05, 0) is 18.8 Å². The summed E-state index contributed by atoms with van der Waals surface area (Å²) in [5, 5.41) is 3.72. The molecule has 0 bridgehead atoms. The molecule has 2 nitrogen and oxygen atoms in total. The lowest BCUT2D eigenvalue weighted by Gasteiger charge is -2.10. The van der Waals surface area contributed by atoms with E-state index in [4.69, 9.17) is 4.52 Å². The Bertz CT molecular complexity index is 194. The molecule has 2 heteroatoms. The van der Waals surface area contributed by atoms with Crippen LogP contribution in [0.25, 0.3) is 0 Å². The fourth-order valence-electron chi connectivity index (χ4n) is 1.47. The van der Waals surface area contributed by atoms with Gasteiger partial charge in [-0.2, -0.15) is 0 Å². The summed E-state index contributed by atoms with van der Waals surface area (Å²) in [6, 6.07) is 0. The second kappa shape index (κ2) is 4.96. The summed E-state index contributed by atoms with van der Waals surface area (Å²) in [6.07, 6.45) is 8.61. The fraction of sp³-hybridized carbons (Fsp3) is 0.700. The van der Waals surface area contributed by atoms with Crippen LogP contribution >= 0.6 is 0 Å². The first-order valence-electron chi connectivity index (χ1n) is 4.77. The van der Waals surface area contributed by atoms with Crippen molar-refractivity contribution < 1.29 is 4.52 Å². The molecule has 0 aromatic carbocycles. The first-order chi connectivity index (χ1) is 5.88. The molecule has 1 aromatic heterocycles. The largest absolute Gasteiger partial charge is 0.364 e. The first kappa shape index (κ1) is 9.30. The highest BCUT2D eigenvalue weighted by Crippen LogP contribution is 2.24. The average Bonchev–Trinajstić information content (AvgIpc) is 2.59. The van der Waals surface area contributed by atoms with Gasteiger partial charge >= 0.3 is 0 Å². The van der Waals surface area contributed by atoms with Gasteiger partial charge in [-0.1, -0.05) is 31.8 Å². The molecule has 0 fully saturated rings. The standard InChI is InChI=1S/C10H17NO/c1-3-5-6-9(4-2)10-7-11-12-8-10/h7-9H,3-6H2,1-2H3. The summed E-state index contributed by atoms with van der Waals surface area (Å²) in [5.41, 5.74) is 1.26. The third kappa shape index (κ3) is 2.36. The lowest BCUT2D eigenvalue weighted by atomic mass is 9.94. The Labute approximate surface area is 74.0 Å². The lowest BCUT2D eigenvalue weighted by Crippen LogP contribution is -1.94. The predicted molar refractivity (Wildman–Crippen MR) is 49.1 cm³/mol. The van der Waals surface area contributed by atoms with Crippen molar-refractivity contribution in [2.45, 2.75) is 45.4 Å². The Hall–Kier alpha value is -0.790. The van der Waals surface area contributed by atoms with Gasteiger partial charge in [0.25, 0.3) is 0 Å². The second-order valence-corrected chi connectivity index (χ2v) is 3.21. The van der Waals surface area contributed by atoms with E-state index in [9.17, 15) is 0 Å². The topological polar surface area (TPSA) is 26.0 Å². The van der Waals surface area contributed by atoms with Crippen LogP contribution in [0.3, 0.4) is 0 Å². The van der Waals surface area contributed by atoms with Crippen LogP contribution < -0.4 is 0 Å². The van der Waals surface area contributed by atoms with Crippen molar-refractivity contribution in [1.29, 1.82) is 0 Å². The maximum atomic E-state index is 4.83. The molecule has 68 valence electrons. The quantitative estimate of drug-likeness (QED) is 0.672. The molecule has 0 aliphatic rings. The molecule has 0 aliphatic heterocycles. The summed E-state index contributed by atoms with van der Waals surface area (Å²) < 4.78 is 4.83. The van der Waals surface area contributed by atoms with Crippen LogP contribution in [0.4, 0.5) is 0 Å². The molecule has 0 saturated carbocycles. The van der Waals surface area contributed by atoms with Gasteiger partial charge < -0.3 is 4.52 Å². The molecule has 1 unspecified atom stereocenters. The average molecular weight is 167 g/mol. The Morgan fingerprint density at radius 2 is 2.33 bits per heavy atom. The van der Waals surface area contributed by atoms with Crippen molar-refractivity contribution >= 4 is 0 Å². The number of hydrogen-bond donors (Lipinski definition) is 0. The Kier molecular flexibility index (Phi) is 3.85. The molecule has 1 aromatic rings. The molecule has 0 radical (unpaired) electrons. The van der Waals surface area contributed by atoms with Crippen molar-refractivity contribution in [1.82, 2.24) is 5.16 Å². The fourth-order valence-corrected chi connectivity index (χ4v) is 1.47. The zero-order valence-corrected chi connectivity index (χ0v) is 7.92. The predicted octanol–water partition coefficient (Wildman–Crippen LogP) is 3.36. The molecular weight excluding hydrogens is 150 g/mol. The zero-order chi connectivity index (χ0) is 8.81. The zero-order valence-electron chi connectivity index (χ0n) is 7.92. The summed E-state index contributed by atoms with van der Waals surface area (Å²) in [5.74, 6) is 0.649. The summed E-state index contributed by atoms with van der Waals surface area (Å²) in [4.78, 5) is 0. The van der Waals surface area contributed by atoms with Crippen LogP contribution in [-0.2, 0) is 0 Å². The summed E-state index contributed by atoms with van der Waals surface area (Å²) in [7, 11) is 0. The maximum absolute atomic E-state index is 4.83. The smallest absolute Gasteiger partial charge is 0.127 e. The van der Waals surface area contributed by atoms with Crippen molar-refractivity contribution in [2.75, 3.05) is 0 Å². The number of rotatable bonds is 5. The second-order valence-electron chi connectivity index (χ2n) is 3.21. The van der Waals surface area contributed by atoms with Crippen molar-refractivity contribution in [3.8, 4) is 0 Å². The van der Waals surface area contributed by atoms with Crippen LogP contribution in [-0.4, -0.2) is 5.16 Å². The minimum atomic E-state index is 0.649. The Balaban J connectivity index is 2.45. The lowest BCUT2D eigenvalue weighted by molar-refractivity contribution is 0.417. The van der Waals surface area contributed by atoms with Gasteiger partial charge in [-0.15, -0.1) is 0 Å². The molecule has 0 aliphatic carbocycles. The Morgan fingerprint density at radius 1 is 1.50 bits per heavy atom. The molecule has 0 saturated heterocycles. The van der Waals surface area contributed by atoms with Crippen molar-refractivity contribution in [2.24, 2.45) is 0 Å². The third-order valence-electron chi connectivity index (χ3n) is 2.32. The van der Waals surface area contributed by atoms with Gasteiger partial charge in [0.1, 0.15) is 6.26 Å². The maximum Gasteiger partial charge on any atom is 0.127 e. The van der Waals surface area contributed by atoms with Crippen molar-refractivity contribution in [3.63, 3.8) is 0 Å². The van der Waals surface area contributed by atoms with E-state index in [1.165, 1.54) is 31.2 Å². The molecule has 1 heterocycles. The summed E-state index contributed by atoms with van der Waals surface area (Å²) >= 11 is 0. The van der Waals surface area contributed by atoms with Gasteiger partial charge in [0, 0.05) is 5.56 Å². The van der Waals surface area contributed by atoms with E-state index < -0.39 is 0 Å². The molecule has 0 amide bonds. The van der Waals surface area contributed by atoms with Gasteiger partial charge in [0.2, 0.25) is 0 Å². The highest BCUT2D eigenvalue weighted by atomic mass is 16.5. The van der Waals surface area contributed by atoms with E-state index in [1.54, 1.807) is 6.26 Å². The van der Waals surface area contributed by atoms with Gasteiger partial charge in [-0.25, -0.2) is 0 Å². The molecule has 0 N–H and O–H groups in total. The number of unbranched alkanes of at least 4 members (excludes halogenated alkanes) is 1. The van der Waals surface area contributed by atoms with Crippen LogP contribution in [0.2, 0.25) is 0 Å². The first-order valence-corrected chi connectivity index (χ1v) is 4.77. The van der Waals surface area contributed by atoms with E-state index in [2.05, 4.69) is 19.0 Å². The number of hydrogen-bond acceptors (Lipinski definition) is 2. The monoisotopic (exact) mass is 167 g/mol. The third-order valence-corrected chi connectivity index (χ3v) is 2.32. The van der Waals surface area contributed by atoms with Gasteiger partial charge in [0.05, 0.1) is 6.20 Å². The highest BCUT2D eigenvalue weighted by Gasteiger charge is 2.09. The van der Waals surface area contributed by atoms with E-state index >= 15 is 0 Å². The summed E-state index contributed by atoms with van der Waals surface area (Å²) in [6.45, 7) is 4.44. The van der Waals surface area contributed by atoms with E-state index in [-0.39, 0.29) is 0 Å². The minimum Gasteiger partial charge on any atom is -0.364 e. The van der Waals surface area contributed by atoms with E-state index in [1.807, 2.05) is 6.20 Å². The Morgan fingerprint density at radius 3 is 2.83 bits per heavy atom. The normalized spacial score (nSPS) is 13.2. The molecule has 1 rings (SSSR count). The molecule has 12 heavy (non-hydrogen) atoms. The van der Waals surface area contributed by atoms with Crippen LogP contribution in [0.15, 0.2) is 17.0 Å². The molecule has 1 atom stereocenters. The van der Waals surface area contributed by atoms with Crippen molar-refractivity contribution in [3.05, 3.63) is 18.0 Å². The van der Waals surface area contributed by atoms with Crippen LogP contribution in [0.1, 0.15) is 51.0 Å². The number of nitrogens with zero attached hydrogens (tertiary/aromatic N) is 1. The van der Waals surface area contributed by atoms with Crippen LogP contribution in [0.5, 0.6) is 0 Å². The van der Waals surface area contributed by atoms with E-state index in [0.29, 0.717) is 5.92 Å².